The Balaban J connectivity index is 2.11. The van der Waals surface area contributed by atoms with Crippen LogP contribution in [-0.2, 0) is 0 Å². The van der Waals surface area contributed by atoms with Gasteiger partial charge in [0.15, 0.2) is 0 Å². The molecule has 3 aromatic rings. The Morgan fingerprint density at radius 2 is 2.00 bits per heavy atom. The van der Waals surface area contributed by atoms with E-state index in [9.17, 15) is 4.39 Å². The standard InChI is InChI=1S/C17H15BrFNO/c1-10-4-3-5-11-8-15(21-17(10)11)16(20-2)13-7-6-12(19)9-14(13)18/h3-9,16,20H,1-2H3. The van der Waals surface area contributed by atoms with E-state index >= 15 is 0 Å². The number of fused-ring (bicyclic) bond motifs is 1. The van der Waals surface area contributed by atoms with Crippen LogP contribution in [0.2, 0.25) is 0 Å². The number of para-hydroxylation sites is 1. The molecule has 0 spiro atoms. The zero-order valence-corrected chi connectivity index (χ0v) is 13.4. The Labute approximate surface area is 131 Å². The highest BCUT2D eigenvalue weighted by Crippen LogP contribution is 2.33. The van der Waals surface area contributed by atoms with Gasteiger partial charge in [0.05, 0.1) is 6.04 Å². The summed E-state index contributed by atoms with van der Waals surface area (Å²) in [5.74, 6) is 0.551. The number of furan rings is 1. The highest BCUT2D eigenvalue weighted by atomic mass is 79.9. The molecule has 0 aliphatic rings. The van der Waals surface area contributed by atoms with Crippen LogP contribution in [-0.4, -0.2) is 7.05 Å². The summed E-state index contributed by atoms with van der Waals surface area (Å²) >= 11 is 3.42. The molecule has 0 aliphatic heterocycles. The molecule has 1 heterocycles. The van der Waals surface area contributed by atoms with Gasteiger partial charge >= 0.3 is 0 Å². The molecule has 21 heavy (non-hydrogen) atoms. The quantitative estimate of drug-likeness (QED) is 0.724. The van der Waals surface area contributed by atoms with Crippen molar-refractivity contribution in [1.29, 1.82) is 0 Å². The first-order chi connectivity index (χ1) is 10.1. The third-order valence-electron chi connectivity index (χ3n) is 3.61. The van der Waals surface area contributed by atoms with Crippen molar-refractivity contribution in [2.24, 2.45) is 0 Å². The predicted octanol–water partition coefficient (Wildman–Crippen LogP) is 4.95. The van der Waals surface area contributed by atoms with E-state index < -0.39 is 0 Å². The van der Waals surface area contributed by atoms with Crippen LogP contribution >= 0.6 is 15.9 Å². The van der Waals surface area contributed by atoms with Crippen LogP contribution in [0.4, 0.5) is 4.39 Å². The molecular weight excluding hydrogens is 333 g/mol. The molecule has 2 aromatic carbocycles. The second-order valence-electron chi connectivity index (χ2n) is 5.03. The van der Waals surface area contributed by atoms with Crippen molar-refractivity contribution < 1.29 is 8.81 Å². The first kappa shape index (κ1) is 14.3. The fraction of sp³-hybridized carbons (Fsp3) is 0.176. The lowest BCUT2D eigenvalue weighted by Crippen LogP contribution is -2.17. The molecule has 1 aromatic heterocycles. The summed E-state index contributed by atoms with van der Waals surface area (Å²) in [6.07, 6.45) is 0. The fourth-order valence-corrected chi connectivity index (χ4v) is 3.14. The Morgan fingerprint density at radius 1 is 1.19 bits per heavy atom. The molecule has 0 bridgehead atoms. The van der Waals surface area contributed by atoms with Crippen LogP contribution in [0.5, 0.6) is 0 Å². The van der Waals surface area contributed by atoms with Crippen molar-refractivity contribution in [3.8, 4) is 0 Å². The zero-order chi connectivity index (χ0) is 15.0. The highest BCUT2D eigenvalue weighted by molar-refractivity contribution is 9.10. The smallest absolute Gasteiger partial charge is 0.137 e. The monoisotopic (exact) mass is 347 g/mol. The molecule has 108 valence electrons. The fourth-order valence-electron chi connectivity index (χ4n) is 2.56. The van der Waals surface area contributed by atoms with Gasteiger partial charge in [-0.25, -0.2) is 4.39 Å². The Morgan fingerprint density at radius 3 is 2.67 bits per heavy atom. The average Bonchev–Trinajstić information content (AvgIpc) is 2.87. The summed E-state index contributed by atoms with van der Waals surface area (Å²) in [6.45, 7) is 2.03. The Kier molecular flexibility index (Phi) is 3.83. The second kappa shape index (κ2) is 5.62. The topological polar surface area (TPSA) is 25.2 Å². The molecule has 0 fully saturated rings. The number of hydrogen-bond acceptors (Lipinski definition) is 2. The van der Waals surface area contributed by atoms with Gasteiger partial charge in [0.25, 0.3) is 0 Å². The lowest BCUT2D eigenvalue weighted by Gasteiger charge is -2.15. The largest absolute Gasteiger partial charge is 0.459 e. The van der Waals surface area contributed by atoms with Crippen LogP contribution in [0.1, 0.15) is 22.9 Å². The van der Waals surface area contributed by atoms with E-state index in [4.69, 9.17) is 4.42 Å². The van der Waals surface area contributed by atoms with E-state index in [1.54, 1.807) is 6.07 Å². The van der Waals surface area contributed by atoms with Gasteiger partial charge in [-0.05, 0) is 43.3 Å². The summed E-state index contributed by atoms with van der Waals surface area (Å²) < 4.78 is 20.0. The summed E-state index contributed by atoms with van der Waals surface area (Å²) in [4.78, 5) is 0. The van der Waals surface area contributed by atoms with E-state index in [1.807, 2.05) is 38.2 Å². The van der Waals surface area contributed by atoms with Crippen molar-refractivity contribution in [2.75, 3.05) is 7.05 Å². The summed E-state index contributed by atoms with van der Waals surface area (Å²) in [5.41, 5.74) is 2.94. The first-order valence-corrected chi connectivity index (χ1v) is 7.50. The SMILES string of the molecule is CNC(c1cc2cccc(C)c2o1)c1ccc(F)cc1Br. The predicted molar refractivity (Wildman–Crippen MR) is 86.0 cm³/mol. The van der Waals surface area contributed by atoms with E-state index in [2.05, 4.69) is 21.2 Å². The maximum Gasteiger partial charge on any atom is 0.137 e. The number of hydrogen-bond donors (Lipinski definition) is 1. The van der Waals surface area contributed by atoms with Gasteiger partial charge < -0.3 is 9.73 Å². The minimum Gasteiger partial charge on any atom is -0.459 e. The van der Waals surface area contributed by atoms with Gasteiger partial charge in [0, 0.05) is 9.86 Å². The third-order valence-corrected chi connectivity index (χ3v) is 4.29. The van der Waals surface area contributed by atoms with Crippen molar-refractivity contribution in [2.45, 2.75) is 13.0 Å². The van der Waals surface area contributed by atoms with Gasteiger partial charge in [-0.15, -0.1) is 0 Å². The van der Waals surface area contributed by atoms with E-state index in [1.165, 1.54) is 12.1 Å². The number of aryl methyl sites for hydroxylation is 1. The minimum atomic E-state index is -0.263. The van der Waals surface area contributed by atoms with Crippen LogP contribution < -0.4 is 5.32 Å². The average molecular weight is 348 g/mol. The Hall–Kier alpha value is -1.65. The van der Waals surface area contributed by atoms with Gasteiger partial charge in [-0.1, -0.05) is 40.2 Å². The molecule has 1 unspecified atom stereocenters. The molecule has 1 N–H and O–H groups in total. The molecule has 0 aliphatic carbocycles. The lowest BCUT2D eigenvalue weighted by molar-refractivity contribution is 0.489. The van der Waals surface area contributed by atoms with Crippen molar-refractivity contribution >= 4 is 26.9 Å². The van der Waals surface area contributed by atoms with Crippen LogP contribution in [0, 0.1) is 12.7 Å². The lowest BCUT2D eigenvalue weighted by atomic mass is 10.0. The maximum atomic E-state index is 13.3. The second-order valence-corrected chi connectivity index (χ2v) is 5.88. The van der Waals surface area contributed by atoms with E-state index in [-0.39, 0.29) is 11.9 Å². The van der Waals surface area contributed by atoms with Gasteiger partial charge in [-0.2, -0.15) is 0 Å². The first-order valence-electron chi connectivity index (χ1n) is 6.71. The molecule has 2 nitrogen and oxygen atoms in total. The minimum absolute atomic E-state index is 0.133. The van der Waals surface area contributed by atoms with Crippen molar-refractivity contribution in [3.05, 3.63) is 69.6 Å². The number of nitrogens with one attached hydrogen (secondary N) is 1. The zero-order valence-electron chi connectivity index (χ0n) is 11.8. The molecule has 1 atom stereocenters. The molecule has 0 amide bonds. The molecule has 3 rings (SSSR count). The van der Waals surface area contributed by atoms with Crippen molar-refractivity contribution in [1.82, 2.24) is 5.32 Å². The summed E-state index contributed by atoms with van der Waals surface area (Å²) in [5, 5.41) is 4.30. The summed E-state index contributed by atoms with van der Waals surface area (Å²) in [7, 11) is 1.86. The number of halogens is 2. The Bertz CT molecular complexity index is 797. The molecule has 0 saturated carbocycles. The van der Waals surface area contributed by atoms with E-state index in [0.29, 0.717) is 0 Å². The van der Waals surface area contributed by atoms with Gasteiger partial charge in [0.2, 0.25) is 0 Å². The summed E-state index contributed by atoms with van der Waals surface area (Å²) in [6, 6.07) is 12.6. The molecule has 0 radical (unpaired) electrons. The normalized spacial score (nSPS) is 12.8. The highest BCUT2D eigenvalue weighted by Gasteiger charge is 2.20. The number of rotatable bonds is 3. The molecule has 0 saturated heterocycles. The number of benzene rings is 2. The maximum absolute atomic E-state index is 13.3. The third kappa shape index (κ3) is 2.61. The molecular formula is C17H15BrFNO. The van der Waals surface area contributed by atoms with Crippen LogP contribution in [0.3, 0.4) is 0 Å². The van der Waals surface area contributed by atoms with Gasteiger partial charge in [-0.3, -0.25) is 0 Å². The van der Waals surface area contributed by atoms with Crippen LogP contribution in [0.15, 0.2) is 51.4 Å². The van der Waals surface area contributed by atoms with Gasteiger partial charge in [0.1, 0.15) is 17.2 Å². The molecule has 4 heteroatoms. The van der Waals surface area contributed by atoms with Crippen LogP contribution in [0.25, 0.3) is 11.0 Å². The van der Waals surface area contributed by atoms with E-state index in [0.717, 1.165) is 32.3 Å². The van der Waals surface area contributed by atoms with Crippen molar-refractivity contribution in [3.63, 3.8) is 0 Å².